The third kappa shape index (κ3) is 3.76. The van der Waals surface area contributed by atoms with Crippen LogP contribution in [-0.2, 0) is 0 Å². The monoisotopic (exact) mass is 226 g/mol. The lowest BCUT2D eigenvalue weighted by atomic mass is 10.1. The molecule has 0 aromatic heterocycles. The fraction of sp³-hybridized carbons (Fsp3) is 0.364. The average Bonchev–Trinajstić information content (AvgIpc) is 2.08. The smallest absolute Gasteiger partial charge is 0.410 e. The molecule has 0 unspecified atom stereocenters. The summed E-state index contributed by atoms with van der Waals surface area (Å²) in [7, 11) is 0. The number of carbonyl (C=O) groups excluding carboxylic acids is 1. The Hall–Kier alpha value is -1.78. The van der Waals surface area contributed by atoms with Gasteiger partial charge in [0.25, 0.3) is 0 Å². The minimum absolute atomic E-state index is 0.0546. The molecule has 0 aliphatic heterocycles. The molecule has 0 saturated heterocycles. The van der Waals surface area contributed by atoms with Crippen LogP contribution in [0.4, 0.5) is 14.9 Å². The third-order valence-corrected chi connectivity index (χ3v) is 1.66. The predicted molar refractivity (Wildman–Crippen MR) is 59.7 cm³/mol. The Bertz CT molecular complexity index is 399. The molecule has 0 bridgehead atoms. The van der Waals surface area contributed by atoms with Crippen molar-refractivity contribution in [3.8, 4) is 5.75 Å². The van der Waals surface area contributed by atoms with Gasteiger partial charge in [-0.3, -0.25) is 0 Å². The Morgan fingerprint density at radius 2 is 2.06 bits per heavy atom. The van der Waals surface area contributed by atoms with E-state index in [1.807, 2.05) is 20.8 Å². The molecule has 1 rings (SSSR count). The largest absolute Gasteiger partial charge is 0.413 e. The van der Waals surface area contributed by atoms with Crippen LogP contribution in [0.15, 0.2) is 18.2 Å². The van der Waals surface area contributed by atoms with Gasteiger partial charge in [-0.2, -0.15) is 0 Å². The Balaban J connectivity index is 2.67. The minimum Gasteiger partial charge on any atom is -0.410 e. The number of nitrogens with one attached hydrogen (secondary N) is 1. The van der Waals surface area contributed by atoms with Crippen molar-refractivity contribution in [2.45, 2.75) is 26.3 Å². The number of benzene rings is 1. The molecule has 0 fully saturated rings. The van der Waals surface area contributed by atoms with E-state index in [0.29, 0.717) is 0 Å². The lowest BCUT2D eigenvalue weighted by Crippen LogP contribution is -2.42. The fourth-order valence-corrected chi connectivity index (χ4v) is 1.02. The molecule has 0 heterocycles. The van der Waals surface area contributed by atoms with Gasteiger partial charge in [-0.05, 0) is 32.9 Å². The molecule has 0 spiro atoms. The highest BCUT2D eigenvalue weighted by Crippen LogP contribution is 2.18. The Morgan fingerprint density at radius 1 is 1.44 bits per heavy atom. The zero-order chi connectivity index (χ0) is 12.3. The summed E-state index contributed by atoms with van der Waals surface area (Å²) >= 11 is 0. The summed E-state index contributed by atoms with van der Waals surface area (Å²) in [5, 5.41) is 2.61. The van der Waals surface area contributed by atoms with Gasteiger partial charge in [0.2, 0.25) is 0 Å². The van der Waals surface area contributed by atoms with E-state index < -0.39 is 11.9 Å². The van der Waals surface area contributed by atoms with E-state index in [0.717, 1.165) is 6.07 Å². The first kappa shape index (κ1) is 12.3. The van der Waals surface area contributed by atoms with Gasteiger partial charge >= 0.3 is 6.09 Å². The van der Waals surface area contributed by atoms with Crippen molar-refractivity contribution in [1.82, 2.24) is 5.32 Å². The summed E-state index contributed by atoms with van der Waals surface area (Å²) in [5.74, 6) is -0.329. The summed E-state index contributed by atoms with van der Waals surface area (Å²) in [6.07, 6.45) is -0.599. The van der Waals surface area contributed by atoms with Crippen molar-refractivity contribution in [3.05, 3.63) is 24.0 Å². The number of anilines is 1. The molecular formula is C11H15FN2O2. The summed E-state index contributed by atoms with van der Waals surface area (Å²) in [6.45, 7) is 5.48. The SMILES string of the molecule is CC(C)(C)NC(=O)Oc1ccc(F)c(N)c1. The van der Waals surface area contributed by atoms with Crippen molar-refractivity contribution in [2.75, 3.05) is 5.73 Å². The van der Waals surface area contributed by atoms with Crippen LogP contribution < -0.4 is 15.8 Å². The molecule has 88 valence electrons. The molecule has 5 heteroatoms. The fourth-order valence-electron chi connectivity index (χ4n) is 1.02. The third-order valence-electron chi connectivity index (χ3n) is 1.66. The topological polar surface area (TPSA) is 64.3 Å². The van der Waals surface area contributed by atoms with Gasteiger partial charge in [-0.15, -0.1) is 0 Å². The van der Waals surface area contributed by atoms with Crippen molar-refractivity contribution in [2.24, 2.45) is 0 Å². The van der Waals surface area contributed by atoms with Crippen LogP contribution in [0.2, 0.25) is 0 Å². The zero-order valence-electron chi connectivity index (χ0n) is 9.50. The number of amides is 1. The van der Waals surface area contributed by atoms with Crippen LogP contribution in [0.3, 0.4) is 0 Å². The van der Waals surface area contributed by atoms with E-state index in [-0.39, 0.29) is 17.0 Å². The first-order valence-corrected chi connectivity index (χ1v) is 4.83. The average molecular weight is 226 g/mol. The summed E-state index contributed by atoms with van der Waals surface area (Å²) in [4.78, 5) is 11.4. The molecule has 4 nitrogen and oxygen atoms in total. The molecule has 0 aliphatic carbocycles. The van der Waals surface area contributed by atoms with Crippen LogP contribution in [0.5, 0.6) is 5.75 Å². The number of nitrogen functional groups attached to an aromatic ring is 1. The zero-order valence-corrected chi connectivity index (χ0v) is 9.50. The predicted octanol–water partition coefficient (Wildman–Crippen LogP) is 2.29. The number of rotatable bonds is 1. The Kier molecular flexibility index (Phi) is 3.37. The Labute approximate surface area is 93.6 Å². The lowest BCUT2D eigenvalue weighted by Gasteiger charge is -2.19. The van der Waals surface area contributed by atoms with E-state index >= 15 is 0 Å². The quantitative estimate of drug-likeness (QED) is 0.722. The molecule has 0 atom stereocenters. The van der Waals surface area contributed by atoms with Gasteiger partial charge < -0.3 is 15.8 Å². The maximum absolute atomic E-state index is 12.8. The molecular weight excluding hydrogens is 211 g/mol. The van der Waals surface area contributed by atoms with Gasteiger partial charge in [-0.25, -0.2) is 9.18 Å². The summed E-state index contributed by atoms with van der Waals surface area (Å²) in [5.41, 5.74) is 4.90. The van der Waals surface area contributed by atoms with Crippen LogP contribution >= 0.6 is 0 Å². The lowest BCUT2D eigenvalue weighted by molar-refractivity contribution is 0.190. The van der Waals surface area contributed by atoms with Gasteiger partial charge in [0, 0.05) is 11.6 Å². The van der Waals surface area contributed by atoms with Crippen molar-refractivity contribution >= 4 is 11.8 Å². The number of nitrogens with two attached hydrogens (primary N) is 1. The normalized spacial score (nSPS) is 11.0. The van der Waals surface area contributed by atoms with E-state index in [1.54, 1.807) is 0 Å². The molecule has 1 amide bonds. The molecule has 1 aromatic rings. The van der Waals surface area contributed by atoms with E-state index in [1.165, 1.54) is 12.1 Å². The first-order chi connectivity index (χ1) is 7.28. The van der Waals surface area contributed by atoms with Crippen LogP contribution in [0.25, 0.3) is 0 Å². The van der Waals surface area contributed by atoms with Crippen molar-refractivity contribution < 1.29 is 13.9 Å². The molecule has 1 aromatic carbocycles. The summed E-state index contributed by atoms with van der Waals surface area (Å²) in [6, 6.07) is 3.75. The molecule has 0 aliphatic rings. The van der Waals surface area contributed by atoms with Gasteiger partial charge in [0.05, 0.1) is 5.69 Å². The van der Waals surface area contributed by atoms with Crippen molar-refractivity contribution in [1.29, 1.82) is 0 Å². The molecule has 0 radical (unpaired) electrons. The maximum Gasteiger partial charge on any atom is 0.413 e. The van der Waals surface area contributed by atoms with Crippen LogP contribution in [0.1, 0.15) is 20.8 Å². The summed E-state index contributed by atoms with van der Waals surface area (Å²) < 4.78 is 17.8. The number of ether oxygens (including phenoxy) is 1. The maximum atomic E-state index is 12.8. The number of carbonyl (C=O) groups is 1. The molecule has 0 saturated carbocycles. The van der Waals surface area contributed by atoms with Gasteiger partial charge in [0.15, 0.2) is 0 Å². The van der Waals surface area contributed by atoms with Gasteiger partial charge in [-0.1, -0.05) is 0 Å². The van der Waals surface area contributed by atoms with E-state index in [4.69, 9.17) is 10.5 Å². The highest BCUT2D eigenvalue weighted by atomic mass is 19.1. The van der Waals surface area contributed by atoms with Gasteiger partial charge in [0.1, 0.15) is 11.6 Å². The highest BCUT2D eigenvalue weighted by molar-refractivity contribution is 5.71. The second-order valence-electron chi connectivity index (χ2n) is 4.45. The van der Waals surface area contributed by atoms with Crippen molar-refractivity contribution in [3.63, 3.8) is 0 Å². The number of halogens is 1. The van der Waals surface area contributed by atoms with Crippen LogP contribution in [-0.4, -0.2) is 11.6 Å². The van der Waals surface area contributed by atoms with E-state index in [9.17, 15) is 9.18 Å². The minimum atomic E-state index is -0.599. The molecule has 16 heavy (non-hydrogen) atoms. The highest BCUT2D eigenvalue weighted by Gasteiger charge is 2.15. The standard InChI is InChI=1S/C11H15FN2O2/c1-11(2,3)14-10(15)16-7-4-5-8(12)9(13)6-7/h4-6H,13H2,1-3H3,(H,14,15). The second-order valence-corrected chi connectivity index (χ2v) is 4.45. The number of hydrogen-bond acceptors (Lipinski definition) is 3. The first-order valence-electron chi connectivity index (χ1n) is 4.83. The van der Waals surface area contributed by atoms with E-state index in [2.05, 4.69) is 5.32 Å². The molecule has 3 N–H and O–H groups in total. The van der Waals surface area contributed by atoms with Crippen LogP contribution in [0, 0.1) is 5.82 Å². The number of hydrogen-bond donors (Lipinski definition) is 2. The Morgan fingerprint density at radius 3 is 2.56 bits per heavy atom. The second kappa shape index (κ2) is 4.38.